The summed E-state index contributed by atoms with van der Waals surface area (Å²) in [6.07, 6.45) is 2.08. The number of allylic oxidation sites excluding steroid dienone is 1. The van der Waals surface area contributed by atoms with E-state index in [0.29, 0.717) is 13.0 Å². The zero-order valence-electron chi connectivity index (χ0n) is 9.58. The third-order valence-electron chi connectivity index (χ3n) is 2.60. The summed E-state index contributed by atoms with van der Waals surface area (Å²) in [4.78, 5) is 22.6. The molecule has 1 saturated carbocycles. The van der Waals surface area contributed by atoms with Gasteiger partial charge in [-0.1, -0.05) is 21.5 Å². The number of esters is 2. The maximum atomic E-state index is 11.4. The van der Waals surface area contributed by atoms with Gasteiger partial charge in [-0.3, -0.25) is 4.79 Å². The van der Waals surface area contributed by atoms with Gasteiger partial charge in [0.1, 0.15) is 4.32 Å². The molecule has 1 aliphatic rings. The molecule has 0 bridgehead atoms. The van der Waals surface area contributed by atoms with E-state index in [4.69, 9.17) is 4.74 Å². The Morgan fingerprint density at radius 3 is 2.69 bits per heavy atom. The van der Waals surface area contributed by atoms with Crippen molar-refractivity contribution in [1.82, 2.24) is 0 Å². The highest BCUT2D eigenvalue weighted by atomic mass is 79.9. The molecular weight excluding hydrogens is 276 g/mol. The maximum absolute atomic E-state index is 11.4. The van der Waals surface area contributed by atoms with E-state index in [9.17, 15) is 9.59 Å². The molecule has 0 aromatic heterocycles. The highest BCUT2D eigenvalue weighted by Gasteiger charge is 2.60. The van der Waals surface area contributed by atoms with Gasteiger partial charge in [-0.15, -0.1) is 0 Å². The van der Waals surface area contributed by atoms with E-state index < -0.39 is 4.32 Å². The van der Waals surface area contributed by atoms with Crippen molar-refractivity contribution in [3.63, 3.8) is 0 Å². The average molecular weight is 291 g/mol. The van der Waals surface area contributed by atoms with Crippen LogP contribution in [0.25, 0.3) is 0 Å². The molecule has 0 N–H and O–H groups in total. The van der Waals surface area contributed by atoms with Gasteiger partial charge in [-0.25, -0.2) is 4.79 Å². The smallest absolute Gasteiger partial charge is 0.330 e. The standard InChI is InChI=1S/C11H15BrO4/c1-4-16-9(13)5-7(2)8-6-11(8,12)10(14)15-3/h5,8H,4,6H2,1-3H3/b7-5+/t8-,11+/m0/s1. The monoisotopic (exact) mass is 290 g/mol. The lowest BCUT2D eigenvalue weighted by atomic mass is 10.1. The summed E-state index contributed by atoms with van der Waals surface area (Å²) in [6, 6.07) is 0. The second-order valence-corrected chi connectivity index (χ2v) is 5.17. The summed E-state index contributed by atoms with van der Waals surface area (Å²) in [5.74, 6) is -0.648. The minimum Gasteiger partial charge on any atom is -0.468 e. The van der Waals surface area contributed by atoms with Crippen molar-refractivity contribution in [3.05, 3.63) is 11.6 Å². The van der Waals surface area contributed by atoms with Crippen LogP contribution in [0.5, 0.6) is 0 Å². The Morgan fingerprint density at radius 1 is 1.56 bits per heavy atom. The molecule has 0 aliphatic heterocycles. The molecule has 16 heavy (non-hydrogen) atoms. The van der Waals surface area contributed by atoms with E-state index in [1.165, 1.54) is 13.2 Å². The Morgan fingerprint density at radius 2 is 2.19 bits per heavy atom. The van der Waals surface area contributed by atoms with Crippen molar-refractivity contribution in [2.45, 2.75) is 24.6 Å². The van der Waals surface area contributed by atoms with Crippen LogP contribution in [0.1, 0.15) is 20.3 Å². The topological polar surface area (TPSA) is 52.6 Å². The maximum Gasteiger partial charge on any atom is 0.330 e. The molecule has 0 spiro atoms. The van der Waals surface area contributed by atoms with Crippen molar-refractivity contribution in [3.8, 4) is 0 Å². The van der Waals surface area contributed by atoms with Gasteiger partial charge in [0.05, 0.1) is 13.7 Å². The lowest BCUT2D eigenvalue weighted by Crippen LogP contribution is -2.20. The predicted molar refractivity (Wildman–Crippen MR) is 62.2 cm³/mol. The second kappa shape index (κ2) is 4.99. The van der Waals surface area contributed by atoms with Gasteiger partial charge in [0.2, 0.25) is 0 Å². The normalized spacial score (nSPS) is 28.5. The lowest BCUT2D eigenvalue weighted by Gasteiger charge is -2.06. The summed E-state index contributed by atoms with van der Waals surface area (Å²) in [5.41, 5.74) is 0.834. The van der Waals surface area contributed by atoms with Crippen molar-refractivity contribution in [1.29, 1.82) is 0 Å². The lowest BCUT2D eigenvalue weighted by molar-refractivity contribution is -0.141. The Kier molecular flexibility index (Phi) is 4.13. The number of alkyl halides is 1. The fraction of sp³-hybridized carbons (Fsp3) is 0.636. The number of carbonyl (C=O) groups is 2. The molecule has 4 nitrogen and oxygen atoms in total. The molecule has 1 fully saturated rings. The van der Waals surface area contributed by atoms with Crippen LogP contribution in [-0.4, -0.2) is 30.0 Å². The SMILES string of the molecule is CCOC(=O)/C=C(\C)[C@@H]1C[C@]1(Br)C(=O)OC. The number of hydrogen-bond donors (Lipinski definition) is 0. The Bertz CT molecular complexity index is 337. The summed E-state index contributed by atoms with van der Waals surface area (Å²) >= 11 is 3.34. The minimum atomic E-state index is -0.644. The third-order valence-corrected chi connectivity index (χ3v) is 3.80. The zero-order valence-corrected chi connectivity index (χ0v) is 11.2. The van der Waals surface area contributed by atoms with E-state index in [1.807, 2.05) is 6.92 Å². The van der Waals surface area contributed by atoms with Crippen LogP contribution in [-0.2, 0) is 19.1 Å². The summed E-state index contributed by atoms with van der Waals surface area (Å²) in [7, 11) is 1.35. The van der Waals surface area contributed by atoms with E-state index >= 15 is 0 Å². The van der Waals surface area contributed by atoms with Crippen LogP contribution in [0.4, 0.5) is 0 Å². The summed E-state index contributed by atoms with van der Waals surface area (Å²) in [5, 5.41) is 0. The van der Waals surface area contributed by atoms with Crippen molar-refractivity contribution in [2.24, 2.45) is 5.92 Å². The number of ether oxygens (including phenoxy) is 2. The second-order valence-electron chi connectivity index (χ2n) is 3.75. The molecule has 0 aromatic carbocycles. The van der Waals surface area contributed by atoms with E-state index in [2.05, 4.69) is 20.7 Å². The number of carbonyl (C=O) groups excluding carboxylic acids is 2. The zero-order chi connectivity index (χ0) is 12.3. The Balaban J connectivity index is 2.62. The van der Waals surface area contributed by atoms with E-state index in [0.717, 1.165) is 5.57 Å². The quantitative estimate of drug-likeness (QED) is 0.450. The summed E-state index contributed by atoms with van der Waals surface area (Å²) in [6.45, 7) is 3.92. The molecule has 0 unspecified atom stereocenters. The average Bonchev–Trinajstić information content (AvgIpc) is 2.91. The fourth-order valence-electron chi connectivity index (χ4n) is 1.63. The van der Waals surface area contributed by atoms with Crippen molar-refractivity contribution in [2.75, 3.05) is 13.7 Å². The molecule has 1 aliphatic carbocycles. The molecule has 90 valence electrons. The van der Waals surface area contributed by atoms with Gasteiger partial charge in [0, 0.05) is 12.0 Å². The van der Waals surface area contributed by atoms with Crippen LogP contribution in [0, 0.1) is 5.92 Å². The van der Waals surface area contributed by atoms with Crippen LogP contribution >= 0.6 is 15.9 Å². The fourth-order valence-corrected chi connectivity index (χ4v) is 2.47. The number of halogens is 1. The molecule has 1 rings (SSSR count). The third kappa shape index (κ3) is 2.64. The minimum absolute atomic E-state index is 0.0179. The van der Waals surface area contributed by atoms with Gasteiger partial charge < -0.3 is 9.47 Å². The number of methoxy groups -OCH3 is 1. The van der Waals surface area contributed by atoms with Crippen LogP contribution in [0.3, 0.4) is 0 Å². The van der Waals surface area contributed by atoms with Crippen LogP contribution in [0.2, 0.25) is 0 Å². The molecule has 2 atom stereocenters. The Hall–Kier alpha value is -0.840. The molecule has 0 heterocycles. The van der Waals surface area contributed by atoms with Gasteiger partial charge in [0.15, 0.2) is 0 Å². The summed E-state index contributed by atoms with van der Waals surface area (Å²) < 4.78 is 8.84. The first-order chi connectivity index (χ1) is 7.45. The molecule has 0 amide bonds. The van der Waals surface area contributed by atoms with Crippen molar-refractivity contribution >= 4 is 27.9 Å². The molecule has 5 heteroatoms. The van der Waals surface area contributed by atoms with Crippen LogP contribution in [0.15, 0.2) is 11.6 Å². The number of rotatable bonds is 4. The van der Waals surface area contributed by atoms with Crippen molar-refractivity contribution < 1.29 is 19.1 Å². The van der Waals surface area contributed by atoms with Crippen LogP contribution < -0.4 is 0 Å². The highest BCUT2D eigenvalue weighted by molar-refractivity contribution is 9.10. The molecule has 0 aromatic rings. The predicted octanol–water partition coefficient (Wildman–Crippen LogP) is 1.82. The van der Waals surface area contributed by atoms with Gasteiger partial charge >= 0.3 is 11.9 Å². The van der Waals surface area contributed by atoms with Gasteiger partial charge in [0.25, 0.3) is 0 Å². The van der Waals surface area contributed by atoms with E-state index in [1.54, 1.807) is 6.92 Å². The first-order valence-corrected chi connectivity index (χ1v) is 5.87. The molecular formula is C11H15BrO4. The Labute approximate surface area is 103 Å². The van der Waals surface area contributed by atoms with E-state index in [-0.39, 0.29) is 17.9 Å². The first kappa shape index (κ1) is 13.2. The first-order valence-electron chi connectivity index (χ1n) is 5.08. The number of hydrogen-bond acceptors (Lipinski definition) is 4. The largest absolute Gasteiger partial charge is 0.468 e. The molecule has 0 saturated heterocycles. The highest BCUT2D eigenvalue weighted by Crippen LogP contribution is 2.55. The van der Waals surface area contributed by atoms with Gasteiger partial charge in [-0.2, -0.15) is 0 Å². The molecule has 0 radical (unpaired) electrons. The van der Waals surface area contributed by atoms with Gasteiger partial charge in [-0.05, 0) is 20.3 Å².